The molecular formula is C27H14BF19O. The normalized spacial score (nSPS) is 14.6. The van der Waals surface area contributed by atoms with Crippen LogP contribution in [0.25, 0.3) is 0 Å². The molecule has 264 valence electrons. The Hall–Kier alpha value is -3.65. The minimum absolute atomic E-state index is 0.459. The van der Waals surface area contributed by atoms with Gasteiger partial charge in [-0.15, -0.1) is 0 Å². The van der Waals surface area contributed by atoms with Gasteiger partial charge in [0.1, 0.15) is 5.56 Å². The number of benzene rings is 3. The van der Waals surface area contributed by atoms with E-state index in [2.05, 4.69) is 0 Å². The third-order valence-corrected chi connectivity index (χ3v) is 6.58. The molecule has 0 atom stereocenters. The van der Waals surface area contributed by atoms with Crippen LogP contribution in [0.2, 0.25) is 0 Å². The highest BCUT2D eigenvalue weighted by Gasteiger charge is 2.46. The van der Waals surface area contributed by atoms with Gasteiger partial charge < -0.3 is 4.74 Å². The zero-order valence-corrected chi connectivity index (χ0v) is 23.0. The fourth-order valence-corrected chi connectivity index (χ4v) is 4.48. The topological polar surface area (TPSA) is 9.23 Å². The minimum Gasteiger partial charge on any atom is -0.381 e. The Balaban J connectivity index is 0.00000114. The lowest BCUT2D eigenvalue weighted by molar-refractivity contribution is -0.144. The Labute approximate surface area is 256 Å². The zero-order chi connectivity index (χ0) is 36.8. The molecule has 0 bridgehead atoms. The molecule has 48 heavy (non-hydrogen) atoms. The molecule has 1 heterocycles. The largest absolute Gasteiger partial charge is 0.422 e. The smallest absolute Gasteiger partial charge is 0.381 e. The number of rotatable bonds is 3. The van der Waals surface area contributed by atoms with Crippen molar-refractivity contribution in [2.75, 3.05) is 13.2 Å². The van der Waals surface area contributed by atoms with Crippen LogP contribution in [0, 0.1) is 23.3 Å². The van der Waals surface area contributed by atoms with Crippen molar-refractivity contribution in [2.45, 2.75) is 43.7 Å². The van der Waals surface area contributed by atoms with Gasteiger partial charge in [0.15, 0.2) is 23.3 Å². The number of hydrogen-bond acceptors (Lipinski definition) is 1. The van der Waals surface area contributed by atoms with E-state index in [0.29, 0.717) is 0 Å². The average Bonchev–Trinajstić information content (AvgIpc) is 3.52. The van der Waals surface area contributed by atoms with Gasteiger partial charge in [-0.1, -0.05) is 35.2 Å². The maximum atomic E-state index is 15.0. The minimum atomic E-state index is -6.23. The van der Waals surface area contributed by atoms with Crippen molar-refractivity contribution in [1.29, 1.82) is 0 Å². The van der Waals surface area contributed by atoms with Gasteiger partial charge in [-0.3, -0.25) is 0 Å². The monoisotopic (exact) mass is 726 g/mol. The predicted octanol–water partition coefficient (Wildman–Crippen LogP) is 8.65. The first kappa shape index (κ1) is 38.8. The van der Waals surface area contributed by atoms with Gasteiger partial charge >= 0.3 is 30.9 Å². The van der Waals surface area contributed by atoms with Crippen LogP contribution in [0.3, 0.4) is 0 Å². The second-order valence-electron chi connectivity index (χ2n) is 9.97. The van der Waals surface area contributed by atoms with Crippen molar-refractivity contribution in [3.05, 3.63) is 87.5 Å². The van der Waals surface area contributed by atoms with E-state index in [1.54, 1.807) is 0 Å². The molecule has 1 saturated heterocycles. The molecule has 21 heteroatoms. The molecular weight excluding hydrogens is 712 g/mol. The Bertz CT molecular complexity index is 1450. The van der Waals surface area contributed by atoms with Gasteiger partial charge in [0.25, 0.3) is 0 Å². The van der Waals surface area contributed by atoms with Crippen molar-refractivity contribution in [3.8, 4) is 0 Å². The molecule has 1 aliphatic rings. The van der Waals surface area contributed by atoms with Crippen molar-refractivity contribution in [1.82, 2.24) is 0 Å². The SMILES string of the molecule is C1CCOC1.Fc1c(F)c(C(F)(F)F)c(F)c(F)c1B(c1cc(C(F)(F)F)cc(C(F)(F)F)c1)c1cc(C(F)(F)F)cc(C(F)(F)F)c1. The lowest BCUT2D eigenvalue weighted by Gasteiger charge is -2.23. The summed E-state index contributed by atoms with van der Waals surface area (Å²) >= 11 is 0. The quantitative estimate of drug-likeness (QED) is 0.149. The Morgan fingerprint density at radius 2 is 0.708 bits per heavy atom. The number of halogens is 19. The first-order valence-electron chi connectivity index (χ1n) is 12.7. The van der Waals surface area contributed by atoms with Crippen LogP contribution in [0.5, 0.6) is 0 Å². The number of hydrogen-bond donors (Lipinski definition) is 0. The van der Waals surface area contributed by atoms with Crippen molar-refractivity contribution >= 4 is 23.1 Å². The van der Waals surface area contributed by atoms with Crippen LogP contribution in [-0.4, -0.2) is 19.9 Å². The molecule has 1 nitrogen and oxygen atoms in total. The summed E-state index contributed by atoms with van der Waals surface area (Å²) in [6, 6.07) is -3.10. The molecule has 0 unspecified atom stereocenters. The van der Waals surface area contributed by atoms with E-state index < -0.39 is 141 Å². The maximum Gasteiger partial charge on any atom is 0.422 e. The average molecular weight is 726 g/mol. The lowest BCUT2D eigenvalue weighted by Crippen LogP contribution is -2.56. The highest BCUT2D eigenvalue weighted by Crippen LogP contribution is 2.38. The van der Waals surface area contributed by atoms with Crippen molar-refractivity contribution in [3.63, 3.8) is 0 Å². The Kier molecular flexibility index (Phi) is 10.8. The second-order valence-corrected chi connectivity index (χ2v) is 9.97. The lowest BCUT2D eigenvalue weighted by atomic mass is 9.36. The van der Waals surface area contributed by atoms with Gasteiger partial charge in [0, 0.05) is 18.7 Å². The summed E-state index contributed by atoms with van der Waals surface area (Å²) in [6.45, 7) is -1.46. The molecule has 3 aromatic rings. The number of alkyl halides is 15. The predicted molar refractivity (Wildman–Crippen MR) is 129 cm³/mol. The fraction of sp³-hybridized carbons (Fsp3) is 0.333. The fourth-order valence-electron chi connectivity index (χ4n) is 4.48. The highest BCUT2D eigenvalue weighted by atomic mass is 19.4. The second kappa shape index (κ2) is 13.3. The van der Waals surface area contributed by atoms with Crippen LogP contribution in [-0.2, 0) is 35.6 Å². The van der Waals surface area contributed by atoms with Gasteiger partial charge in [-0.25, -0.2) is 17.6 Å². The Morgan fingerprint density at radius 3 is 0.917 bits per heavy atom. The van der Waals surface area contributed by atoms with E-state index in [0.717, 1.165) is 13.2 Å². The summed E-state index contributed by atoms with van der Waals surface area (Å²) < 4.78 is 265. The van der Waals surface area contributed by atoms with Gasteiger partial charge in [-0.05, 0) is 25.0 Å². The molecule has 0 aromatic heterocycles. The first-order chi connectivity index (χ1) is 21.7. The van der Waals surface area contributed by atoms with Crippen LogP contribution in [0.15, 0.2) is 36.4 Å². The third kappa shape index (κ3) is 8.68. The maximum absolute atomic E-state index is 15.0. The van der Waals surface area contributed by atoms with E-state index in [-0.39, 0.29) is 0 Å². The zero-order valence-electron chi connectivity index (χ0n) is 23.0. The van der Waals surface area contributed by atoms with Gasteiger partial charge in [-0.2, -0.15) is 65.9 Å². The van der Waals surface area contributed by atoms with E-state index in [9.17, 15) is 74.6 Å². The summed E-state index contributed by atoms with van der Waals surface area (Å²) in [5, 5.41) is 0. The molecule has 0 radical (unpaired) electrons. The van der Waals surface area contributed by atoms with Crippen LogP contribution in [0.4, 0.5) is 83.4 Å². The van der Waals surface area contributed by atoms with Gasteiger partial charge in [0.2, 0.25) is 6.71 Å². The summed E-state index contributed by atoms with van der Waals surface area (Å²) in [5.74, 6) is -13.1. The van der Waals surface area contributed by atoms with E-state index in [1.807, 2.05) is 0 Å². The van der Waals surface area contributed by atoms with Crippen LogP contribution >= 0.6 is 0 Å². The molecule has 1 fully saturated rings. The van der Waals surface area contributed by atoms with Crippen molar-refractivity contribution in [2.24, 2.45) is 0 Å². The Morgan fingerprint density at radius 1 is 0.417 bits per heavy atom. The summed E-state index contributed by atoms with van der Waals surface area (Å²) in [7, 11) is 0. The summed E-state index contributed by atoms with van der Waals surface area (Å²) in [4.78, 5) is 0. The molecule has 0 aliphatic carbocycles. The van der Waals surface area contributed by atoms with E-state index in [1.165, 1.54) is 12.8 Å². The third-order valence-electron chi connectivity index (χ3n) is 6.58. The van der Waals surface area contributed by atoms with Crippen molar-refractivity contribution < 1.29 is 88.2 Å². The molecule has 0 N–H and O–H groups in total. The molecule has 4 rings (SSSR count). The molecule has 1 aliphatic heterocycles. The van der Waals surface area contributed by atoms with Gasteiger partial charge in [0.05, 0.1) is 22.3 Å². The summed E-state index contributed by atoms with van der Waals surface area (Å²) in [6.07, 6.45) is -26.8. The molecule has 0 saturated carbocycles. The van der Waals surface area contributed by atoms with E-state index >= 15 is 8.78 Å². The van der Waals surface area contributed by atoms with Crippen LogP contribution < -0.4 is 16.4 Å². The molecule has 3 aromatic carbocycles. The van der Waals surface area contributed by atoms with E-state index in [4.69, 9.17) is 4.74 Å². The first-order valence-corrected chi connectivity index (χ1v) is 12.7. The number of ether oxygens (including phenoxy) is 1. The standard InChI is InChI=1S/C23H6BF19.C4H8O/c25-15-13(23(41,42)43)16(26)18(28)14(17(15)27)24(11-3-7(19(29,30)31)1-8(4-11)20(32,33)34)12-5-9(21(35,36)37)2-10(6-12)22(38,39)40;1-2-4-5-3-1/h1-6H;1-4H2. The molecule has 0 spiro atoms. The molecule has 0 amide bonds. The summed E-state index contributed by atoms with van der Waals surface area (Å²) in [5.41, 5.74) is -19.0. The van der Waals surface area contributed by atoms with Crippen LogP contribution in [0.1, 0.15) is 40.7 Å². The highest BCUT2D eigenvalue weighted by molar-refractivity contribution is 6.95.